The molecule has 4 rings (SSSR count). The molecule has 1 aliphatic carbocycles. The highest BCUT2D eigenvalue weighted by atomic mass is 79.9. The molecule has 3 unspecified atom stereocenters. The molecule has 0 aromatic heterocycles. The predicted molar refractivity (Wildman–Crippen MR) is 113 cm³/mol. The summed E-state index contributed by atoms with van der Waals surface area (Å²) in [6, 6.07) is 12.3. The molecule has 2 aliphatic rings. The van der Waals surface area contributed by atoms with E-state index in [1.165, 1.54) is 0 Å². The zero-order valence-corrected chi connectivity index (χ0v) is 19.0. The monoisotopic (exact) mass is 520 g/mol. The highest BCUT2D eigenvalue weighted by molar-refractivity contribution is 9.11. The first-order chi connectivity index (χ1) is 13.9. The Labute approximate surface area is 185 Å². The number of fused-ring (bicyclic) bond motifs is 3. The van der Waals surface area contributed by atoms with E-state index in [0.717, 1.165) is 4.47 Å². The first kappa shape index (κ1) is 20.3. The zero-order chi connectivity index (χ0) is 21.0. The van der Waals surface area contributed by atoms with E-state index in [1.807, 2.05) is 13.0 Å². The molecule has 29 heavy (non-hydrogen) atoms. The minimum atomic E-state index is -1.68. The number of esters is 2. The maximum absolute atomic E-state index is 13.7. The number of benzene rings is 2. The third-order valence-corrected chi connectivity index (χ3v) is 7.05. The van der Waals surface area contributed by atoms with Crippen molar-refractivity contribution in [2.75, 3.05) is 6.61 Å². The molecule has 1 aliphatic heterocycles. The Morgan fingerprint density at radius 3 is 2.45 bits per heavy atom. The van der Waals surface area contributed by atoms with Gasteiger partial charge in [-0.25, -0.2) is 0 Å². The molecule has 0 saturated heterocycles. The van der Waals surface area contributed by atoms with Crippen LogP contribution in [0.15, 0.2) is 51.4 Å². The van der Waals surface area contributed by atoms with Crippen molar-refractivity contribution in [2.24, 2.45) is 10.8 Å². The van der Waals surface area contributed by atoms with Gasteiger partial charge in [-0.1, -0.05) is 53.2 Å². The molecule has 3 atom stereocenters. The number of rotatable bonds is 5. The average molecular weight is 522 g/mol. The maximum atomic E-state index is 13.7. The van der Waals surface area contributed by atoms with E-state index in [2.05, 4.69) is 31.9 Å². The third-order valence-electron chi connectivity index (χ3n) is 6.01. The number of ketones is 1. The number of hydrogen-bond donors (Lipinski definition) is 0. The summed E-state index contributed by atoms with van der Waals surface area (Å²) < 4.78 is 12.3. The van der Waals surface area contributed by atoms with Crippen molar-refractivity contribution in [3.8, 4) is 5.75 Å². The summed E-state index contributed by atoms with van der Waals surface area (Å²) in [5.74, 6) is -2.00. The number of ether oxygens (including phenoxy) is 2. The van der Waals surface area contributed by atoms with Crippen molar-refractivity contribution >= 4 is 49.6 Å². The van der Waals surface area contributed by atoms with Gasteiger partial charge in [-0.05, 0) is 41.4 Å². The summed E-state index contributed by atoms with van der Waals surface area (Å²) in [6.45, 7) is 3.60. The highest BCUT2D eigenvalue weighted by Crippen LogP contribution is 2.80. The summed E-state index contributed by atoms with van der Waals surface area (Å²) in [6.07, 6.45) is 0.295. The summed E-state index contributed by atoms with van der Waals surface area (Å²) >= 11 is 6.88. The lowest BCUT2D eigenvalue weighted by Crippen LogP contribution is -2.40. The van der Waals surface area contributed by atoms with Crippen LogP contribution in [0.3, 0.4) is 0 Å². The summed E-state index contributed by atoms with van der Waals surface area (Å²) in [5.41, 5.74) is -1.85. The lowest BCUT2D eigenvalue weighted by Gasteiger charge is -2.23. The molecule has 0 amide bonds. The first-order valence-electron chi connectivity index (χ1n) is 9.34. The van der Waals surface area contributed by atoms with E-state index in [-0.39, 0.29) is 12.4 Å². The van der Waals surface area contributed by atoms with Crippen molar-refractivity contribution in [2.45, 2.75) is 26.2 Å². The predicted octanol–water partition coefficient (Wildman–Crippen LogP) is 5.06. The smallest absolute Gasteiger partial charge is 0.330 e. The largest absolute Gasteiger partial charge is 0.465 e. The van der Waals surface area contributed by atoms with E-state index < -0.39 is 28.7 Å². The van der Waals surface area contributed by atoms with Crippen molar-refractivity contribution in [1.82, 2.24) is 0 Å². The van der Waals surface area contributed by atoms with Crippen LogP contribution in [0.5, 0.6) is 5.75 Å². The molecule has 0 N–H and O–H groups in total. The van der Waals surface area contributed by atoms with Crippen LogP contribution in [0.1, 0.15) is 42.1 Å². The molecule has 150 valence electrons. The molecular formula is C22H18Br2O5. The number of Topliss-reactive ketones (excluding diaryl/α,β-unsaturated/α-hetero) is 1. The van der Waals surface area contributed by atoms with Crippen molar-refractivity contribution in [3.05, 3.63) is 62.5 Å². The Morgan fingerprint density at radius 1 is 1.14 bits per heavy atom. The molecule has 1 fully saturated rings. The maximum Gasteiger partial charge on any atom is 0.330 e. The topological polar surface area (TPSA) is 69.7 Å². The number of carbonyl (C=O) groups is 3. The van der Waals surface area contributed by atoms with Crippen LogP contribution in [0.4, 0.5) is 0 Å². The fourth-order valence-electron chi connectivity index (χ4n) is 4.84. The van der Waals surface area contributed by atoms with Gasteiger partial charge >= 0.3 is 11.9 Å². The van der Waals surface area contributed by atoms with E-state index in [1.54, 1.807) is 43.3 Å². The van der Waals surface area contributed by atoms with E-state index in [4.69, 9.17) is 9.47 Å². The number of carbonyl (C=O) groups excluding carboxylic acids is 3. The van der Waals surface area contributed by atoms with Gasteiger partial charge in [0.05, 0.1) is 16.5 Å². The average Bonchev–Trinajstić information content (AvgIpc) is 3.36. The van der Waals surface area contributed by atoms with Crippen LogP contribution < -0.4 is 4.74 Å². The Kier molecular flexibility index (Phi) is 4.94. The zero-order valence-electron chi connectivity index (χ0n) is 15.8. The van der Waals surface area contributed by atoms with Gasteiger partial charge in [0.2, 0.25) is 0 Å². The Balaban J connectivity index is 1.98. The van der Waals surface area contributed by atoms with Crippen molar-refractivity contribution in [1.29, 1.82) is 0 Å². The van der Waals surface area contributed by atoms with Crippen LogP contribution in [-0.2, 0) is 14.3 Å². The molecular weight excluding hydrogens is 504 g/mol. The molecule has 7 heteroatoms. The standard InChI is InChI=1S/C22H18Br2O5/c1-3-21(18(25)12-8-6-5-7-9-12)17-14-10-13(23)11-15(24)16(14)29-20(27)22(17,21)19(26)28-4-2/h5-11,17H,3-4H2,1-2H3. The lowest BCUT2D eigenvalue weighted by atomic mass is 9.83. The van der Waals surface area contributed by atoms with Crippen LogP contribution >= 0.6 is 31.9 Å². The van der Waals surface area contributed by atoms with Gasteiger partial charge in [0.1, 0.15) is 5.75 Å². The molecule has 2 aromatic rings. The first-order valence-corrected chi connectivity index (χ1v) is 10.9. The summed E-state index contributed by atoms with van der Waals surface area (Å²) in [4.78, 5) is 40.2. The van der Waals surface area contributed by atoms with Gasteiger partial charge in [0.25, 0.3) is 0 Å². The molecule has 1 saturated carbocycles. The quantitative estimate of drug-likeness (QED) is 0.238. The van der Waals surface area contributed by atoms with Gasteiger partial charge in [-0.15, -0.1) is 0 Å². The van der Waals surface area contributed by atoms with Crippen LogP contribution in [0.2, 0.25) is 0 Å². The minimum absolute atomic E-state index is 0.106. The molecule has 0 bridgehead atoms. The van der Waals surface area contributed by atoms with Gasteiger partial charge in [0.15, 0.2) is 11.2 Å². The van der Waals surface area contributed by atoms with Gasteiger partial charge < -0.3 is 9.47 Å². The van der Waals surface area contributed by atoms with E-state index in [0.29, 0.717) is 27.8 Å². The molecule has 0 spiro atoms. The van der Waals surface area contributed by atoms with Crippen LogP contribution in [-0.4, -0.2) is 24.3 Å². The second-order valence-corrected chi connectivity index (χ2v) is 8.95. The Morgan fingerprint density at radius 2 is 1.83 bits per heavy atom. The second kappa shape index (κ2) is 7.06. The minimum Gasteiger partial charge on any atom is -0.465 e. The number of halogens is 2. The Hall–Kier alpha value is -1.99. The molecule has 2 aromatic carbocycles. The van der Waals surface area contributed by atoms with Crippen molar-refractivity contribution < 1.29 is 23.9 Å². The van der Waals surface area contributed by atoms with Gasteiger partial charge in [-0.2, -0.15) is 0 Å². The van der Waals surface area contributed by atoms with Crippen LogP contribution in [0, 0.1) is 10.8 Å². The number of hydrogen-bond acceptors (Lipinski definition) is 5. The van der Waals surface area contributed by atoms with Gasteiger partial charge in [0, 0.05) is 21.5 Å². The fourth-order valence-corrected chi connectivity index (χ4v) is 6.18. The Bertz CT molecular complexity index is 1030. The van der Waals surface area contributed by atoms with E-state index in [9.17, 15) is 14.4 Å². The SMILES string of the molecule is CCOC(=O)C12C(=O)Oc3c(Br)cc(Br)cc3C1C2(CC)C(=O)c1ccccc1. The van der Waals surface area contributed by atoms with Gasteiger partial charge in [-0.3, -0.25) is 14.4 Å². The second-order valence-electron chi connectivity index (χ2n) is 7.18. The van der Waals surface area contributed by atoms with E-state index >= 15 is 0 Å². The third kappa shape index (κ3) is 2.53. The summed E-state index contributed by atoms with van der Waals surface area (Å²) in [5, 5.41) is 0. The fraction of sp³-hybridized carbons (Fsp3) is 0.318. The van der Waals surface area contributed by atoms with Crippen molar-refractivity contribution in [3.63, 3.8) is 0 Å². The molecule has 0 radical (unpaired) electrons. The van der Waals surface area contributed by atoms with Crippen LogP contribution in [0.25, 0.3) is 0 Å². The molecule has 5 nitrogen and oxygen atoms in total. The summed E-state index contributed by atoms with van der Waals surface area (Å²) in [7, 11) is 0. The molecule has 1 heterocycles. The lowest BCUT2D eigenvalue weighted by molar-refractivity contribution is -0.162. The highest BCUT2D eigenvalue weighted by Gasteiger charge is 2.90. The normalized spacial score (nSPS) is 26.8.